The highest BCUT2D eigenvalue weighted by atomic mass is 16.5. The molecule has 0 N–H and O–H groups in total. The van der Waals surface area contributed by atoms with E-state index in [0.29, 0.717) is 18.9 Å². The van der Waals surface area contributed by atoms with Crippen molar-refractivity contribution in [2.45, 2.75) is 32.0 Å². The summed E-state index contributed by atoms with van der Waals surface area (Å²) in [6, 6.07) is 20.9. The summed E-state index contributed by atoms with van der Waals surface area (Å²) in [5, 5.41) is 0. The van der Waals surface area contributed by atoms with Crippen LogP contribution in [0.25, 0.3) is 0 Å². The summed E-state index contributed by atoms with van der Waals surface area (Å²) in [7, 11) is 0. The second kappa shape index (κ2) is 10.5. The SMILES string of the molecule is CCOC(=O)C1=NCC=C1CN1CCC(OC(c2ccccc2)c2ccccc2)CC1. The van der Waals surface area contributed by atoms with Crippen molar-refractivity contribution in [1.29, 1.82) is 0 Å². The third-order valence-corrected chi connectivity index (χ3v) is 5.82. The number of hydrogen-bond donors (Lipinski definition) is 0. The van der Waals surface area contributed by atoms with Crippen LogP contribution in [0.1, 0.15) is 37.0 Å². The fraction of sp³-hybridized carbons (Fsp3) is 0.385. The van der Waals surface area contributed by atoms with E-state index in [1.54, 1.807) is 0 Å². The topological polar surface area (TPSA) is 51.1 Å². The molecule has 31 heavy (non-hydrogen) atoms. The quantitative estimate of drug-likeness (QED) is 0.603. The predicted molar refractivity (Wildman–Crippen MR) is 122 cm³/mol. The minimum Gasteiger partial charge on any atom is -0.461 e. The fourth-order valence-corrected chi connectivity index (χ4v) is 4.22. The van der Waals surface area contributed by atoms with Crippen LogP contribution in [0, 0.1) is 0 Å². The van der Waals surface area contributed by atoms with E-state index >= 15 is 0 Å². The lowest BCUT2D eigenvalue weighted by atomic mass is 10.00. The van der Waals surface area contributed by atoms with Gasteiger partial charge >= 0.3 is 5.97 Å². The molecule has 2 heterocycles. The van der Waals surface area contributed by atoms with E-state index in [4.69, 9.17) is 9.47 Å². The van der Waals surface area contributed by atoms with Gasteiger partial charge in [0.05, 0.1) is 19.3 Å². The molecule has 0 amide bonds. The summed E-state index contributed by atoms with van der Waals surface area (Å²) in [5.74, 6) is -0.307. The van der Waals surface area contributed by atoms with Crippen LogP contribution in [0.3, 0.4) is 0 Å². The smallest absolute Gasteiger partial charge is 0.356 e. The Balaban J connectivity index is 1.35. The van der Waals surface area contributed by atoms with Gasteiger partial charge in [-0.25, -0.2) is 4.79 Å². The van der Waals surface area contributed by atoms with Crippen molar-refractivity contribution >= 4 is 11.7 Å². The molecule has 2 aromatic rings. The number of carbonyl (C=O) groups is 1. The van der Waals surface area contributed by atoms with Crippen molar-refractivity contribution in [3.63, 3.8) is 0 Å². The lowest BCUT2D eigenvalue weighted by molar-refractivity contribution is -0.134. The van der Waals surface area contributed by atoms with Crippen molar-refractivity contribution in [2.24, 2.45) is 4.99 Å². The molecule has 0 aromatic heterocycles. The molecule has 0 spiro atoms. The molecule has 1 fully saturated rings. The second-order valence-corrected chi connectivity index (χ2v) is 7.95. The van der Waals surface area contributed by atoms with E-state index in [1.807, 2.05) is 25.1 Å². The summed E-state index contributed by atoms with van der Waals surface area (Å²) in [6.07, 6.45) is 4.12. The van der Waals surface area contributed by atoms with Crippen LogP contribution in [-0.2, 0) is 14.3 Å². The molecule has 0 radical (unpaired) electrons. The van der Waals surface area contributed by atoms with Crippen molar-refractivity contribution in [3.8, 4) is 0 Å². The standard InChI is InChI=1S/C26H30N2O3/c1-2-30-26(29)24-22(13-16-27-24)19-28-17-14-23(15-18-28)31-25(20-9-5-3-6-10-20)21-11-7-4-8-12-21/h3-13,23,25H,2,14-19H2,1H3. The molecule has 0 aliphatic carbocycles. The maximum Gasteiger partial charge on any atom is 0.356 e. The van der Waals surface area contributed by atoms with Gasteiger partial charge in [-0.15, -0.1) is 0 Å². The fourth-order valence-electron chi connectivity index (χ4n) is 4.22. The zero-order valence-electron chi connectivity index (χ0n) is 18.1. The first-order valence-electron chi connectivity index (χ1n) is 11.1. The maximum atomic E-state index is 12.1. The molecule has 0 saturated carbocycles. The Morgan fingerprint density at radius 3 is 2.23 bits per heavy atom. The first kappa shape index (κ1) is 21.5. The Labute approximate surface area is 184 Å². The summed E-state index contributed by atoms with van der Waals surface area (Å²) in [6.45, 7) is 5.38. The van der Waals surface area contributed by atoms with Gasteiger partial charge < -0.3 is 9.47 Å². The number of likely N-dealkylation sites (tertiary alicyclic amines) is 1. The van der Waals surface area contributed by atoms with Gasteiger partial charge in [0.1, 0.15) is 11.8 Å². The second-order valence-electron chi connectivity index (χ2n) is 7.95. The van der Waals surface area contributed by atoms with Gasteiger partial charge in [-0.05, 0) is 36.5 Å². The average Bonchev–Trinajstić information content (AvgIpc) is 3.28. The van der Waals surface area contributed by atoms with Crippen molar-refractivity contribution in [3.05, 3.63) is 83.4 Å². The molecule has 0 bridgehead atoms. The van der Waals surface area contributed by atoms with Gasteiger partial charge in [-0.1, -0.05) is 66.7 Å². The van der Waals surface area contributed by atoms with Gasteiger partial charge in [0.15, 0.2) is 0 Å². The van der Waals surface area contributed by atoms with E-state index in [-0.39, 0.29) is 18.2 Å². The molecule has 5 heteroatoms. The normalized spacial score (nSPS) is 17.5. The maximum absolute atomic E-state index is 12.1. The van der Waals surface area contributed by atoms with Crippen LogP contribution in [0.5, 0.6) is 0 Å². The monoisotopic (exact) mass is 418 g/mol. The number of ether oxygens (including phenoxy) is 2. The Hall–Kier alpha value is -2.76. The lowest BCUT2D eigenvalue weighted by Crippen LogP contribution is -2.39. The molecule has 2 aliphatic rings. The number of esters is 1. The molecular weight excluding hydrogens is 388 g/mol. The third-order valence-electron chi connectivity index (χ3n) is 5.82. The van der Waals surface area contributed by atoms with Crippen LogP contribution in [0.2, 0.25) is 0 Å². The Morgan fingerprint density at radius 2 is 1.65 bits per heavy atom. The van der Waals surface area contributed by atoms with Crippen LogP contribution in [0.4, 0.5) is 0 Å². The number of aliphatic imine (C=N–C) groups is 1. The van der Waals surface area contributed by atoms with Crippen molar-refractivity contribution in [2.75, 3.05) is 32.8 Å². The predicted octanol–water partition coefficient (Wildman–Crippen LogP) is 4.20. The van der Waals surface area contributed by atoms with E-state index in [0.717, 1.165) is 38.0 Å². The van der Waals surface area contributed by atoms with Crippen LogP contribution >= 0.6 is 0 Å². The first-order chi connectivity index (χ1) is 15.2. The van der Waals surface area contributed by atoms with Gasteiger partial charge in [0.2, 0.25) is 0 Å². The zero-order chi connectivity index (χ0) is 21.5. The number of rotatable bonds is 8. The largest absolute Gasteiger partial charge is 0.461 e. The number of piperidine rings is 1. The summed E-state index contributed by atoms with van der Waals surface area (Å²) < 4.78 is 11.8. The van der Waals surface area contributed by atoms with E-state index in [9.17, 15) is 4.79 Å². The molecule has 1 saturated heterocycles. The number of carbonyl (C=O) groups excluding carboxylic acids is 1. The first-order valence-corrected chi connectivity index (χ1v) is 11.1. The summed E-state index contributed by atoms with van der Waals surface area (Å²) >= 11 is 0. The zero-order valence-corrected chi connectivity index (χ0v) is 18.1. The Bertz CT molecular complexity index is 877. The van der Waals surface area contributed by atoms with Crippen LogP contribution < -0.4 is 0 Å². The summed E-state index contributed by atoms with van der Waals surface area (Å²) in [5.41, 5.74) is 3.85. The molecule has 2 aliphatic heterocycles. The van der Waals surface area contributed by atoms with Crippen LogP contribution in [0.15, 0.2) is 77.3 Å². The molecule has 0 unspecified atom stereocenters. The molecule has 4 rings (SSSR count). The minimum atomic E-state index is -0.307. The Morgan fingerprint density at radius 1 is 1.03 bits per heavy atom. The summed E-state index contributed by atoms with van der Waals surface area (Å²) in [4.78, 5) is 18.8. The van der Waals surface area contributed by atoms with Gasteiger partial charge in [-0.3, -0.25) is 9.89 Å². The minimum absolute atomic E-state index is 0.0564. The van der Waals surface area contributed by atoms with Crippen molar-refractivity contribution in [1.82, 2.24) is 4.90 Å². The number of nitrogens with zero attached hydrogens (tertiary/aromatic N) is 2. The highest BCUT2D eigenvalue weighted by Crippen LogP contribution is 2.30. The van der Waals surface area contributed by atoms with Gasteiger partial charge in [0, 0.05) is 19.6 Å². The molecular formula is C26H30N2O3. The molecule has 2 aromatic carbocycles. The lowest BCUT2D eigenvalue weighted by Gasteiger charge is -2.34. The molecule has 162 valence electrons. The Kier molecular flexibility index (Phi) is 7.28. The highest BCUT2D eigenvalue weighted by Gasteiger charge is 2.27. The van der Waals surface area contributed by atoms with Crippen molar-refractivity contribution < 1.29 is 14.3 Å². The number of benzene rings is 2. The van der Waals surface area contributed by atoms with Gasteiger partial charge in [-0.2, -0.15) is 0 Å². The van der Waals surface area contributed by atoms with Gasteiger partial charge in [0.25, 0.3) is 0 Å². The van der Waals surface area contributed by atoms with Crippen LogP contribution in [-0.4, -0.2) is 55.5 Å². The molecule has 0 atom stereocenters. The van der Waals surface area contributed by atoms with E-state index < -0.39 is 0 Å². The van der Waals surface area contributed by atoms with E-state index in [2.05, 4.69) is 58.4 Å². The third kappa shape index (κ3) is 5.49. The highest BCUT2D eigenvalue weighted by molar-refractivity contribution is 6.44. The number of hydrogen-bond acceptors (Lipinski definition) is 5. The molecule has 5 nitrogen and oxygen atoms in total. The van der Waals surface area contributed by atoms with E-state index in [1.165, 1.54) is 11.1 Å². The average molecular weight is 419 g/mol.